The summed E-state index contributed by atoms with van der Waals surface area (Å²) in [4.78, 5) is 23.0. The summed E-state index contributed by atoms with van der Waals surface area (Å²) in [5.41, 5.74) is 7.33. The van der Waals surface area contributed by atoms with Crippen molar-refractivity contribution in [3.63, 3.8) is 0 Å². The van der Waals surface area contributed by atoms with Gasteiger partial charge in [0, 0.05) is 43.3 Å². The van der Waals surface area contributed by atoms with Gasteiger partial charge in [-0.15, -0.1) is 0 Å². The van der Waals surface area contributed by atoms with Gasteiger partial charge in [-0.1, -0.05) is 29.3 Å². The number of nitrogen functional groups attached to an aromatic ring is 1. The highest BCUT2D eigenvalue weighted by atomic mass is 35.5. The van der Waals surface area contributed by atoms with Gasteiger partial charge >= 0.3 is 6.18 Å². The van der Waals surface area contributed by atoms with Crippen LogP contribution in [-0.4, -0.2) is 52.8 Å². The van der Waals surface area contributed by atoms with Crippen LogP contribution < -0.4 is 15.2 Å². The zero-order valence-electron chi connectivity index (χ0n) is 19.6. The lowest BCUT2D eigenvalue weighted by Crippen LogP contribution is -2.32. The number of hydrogen-bond donors (Lipinski definition) is 1. The molecular weight excluding hydrogens is 532 g/mol. The summed E-state index contributed by atoms with van der Waals surface area (Å²) in [5.74, 6) is -0.411. The molecule has 196 valence electrons. The summed E-state index contributed by atoms with van der Waals surface area (Å²) < 4.78 is 47.9. The van der Waals surface area contributed by atoms with E-state index in [1.807, 2.05) is 13.0 Å². The maximum absolute atomic E-state index is 13.3. The quantitative estimate of drug-likeness (QED) is 0.407. The van der Waals surface area contributed by atoms with Crippen LogP contribution in [-0.2, 0) is 0 Å². The number of carbonyl (C=O) groups is 1. The Morgan fingerprint density at radius 2 is 1.81 bits per heavy atom. The molecule has 37 heavy (non-hydrogen) atoms. The van der Waals surface area contributed by atoms with E-state index in [-0.39, 0.29) is 35.3 Å². The van der Waals surface area contributed by atoms with Crippen LogP contribution in [0, 0.1) is 5.92 Å². The molecule has 0 radical (unpaired) electrons. The Morgan fingerprint density at radius 1 is 1.08 bits per heavy atom. The van der Waals surface area contributed by atoms with Gasteiger partial charge in [-0.25, -0.2) is 9.97 Å². The second kappa shape index (κ2) is 11.0. The first kappa shape index (κ1) is 26.8. The van der Waals surface area contributed by atoms with Crippen molar-refractivity contribution in [2.24, 2.45) is 5.92 Å². The number of aromatic nitrogens is 2. The number of anilines is 1. The van der Waals surface area contributed by atoms with Crippen LogP contribution in [0.3, 0.4) is 0 Å². The Balaban J connectivity index is 1.53. The standard InChI is InChI=1S/C25H23Cl2F3N4O3/c1-14(37-23-7-4-17(31)10-33-23)18-11-34(12-19(18)15-2-5-20(26)21(27)8-15)24(35)16-3-6-22(32-9-16)36-13-25(28,29)30/h2-10,14,18-19H,11-13,31H2,1H3/t14-,18+,19+/m0/s1. The Kier molecular flexibility index (Phi) is 7.99. The van der Waals surface area contributed by atoms with Crippen molar-refractivity contribution in [1.82, 2.24) is 14.9 Å². The molecule has 0 aliphatic carbocycles. The number of halogens is 5. The molecule has 12 heteroatoms. The lowest BCUT2D eigenvalue weighted by Gasteiger charge is -2.25. The van der Waals surface area contributed by atoms with Crippen molar-refractivity contribution >= 4 is 34.8 Å². The van der Waals surface area contributed by atoms with Crippen molar-refractivity contribution in [2.75, 3.05) is 25.4 Å². The average Bonchev–Trinajstić information content (AvgIpc) is 3.31. The highest BCUT2D eigenvalue weighted by Crippen LogP contribution is 2.38. The predicted octanol–water partition coefficient (Wildman–Crippen LogP) is 5.63. The number of benzene rings is 1. The van der Waals surface area contributed by atoms with Crippen LogP contribution >= 0.6 is 23.2 Å². The van der Waals surface area contributed by atoms with Gasteiger partial charge in [0.25, 0.3) is 5.91 Å². The van der Waals surface area contributed by atoms with Crippen molar-refractivity contribution in [2.45, 2.75) is 25.1 Å². The van der Waals surface area contributed by atoms with E-state index in [9.17, 15) is 18.0 Å². The van der Waals surface area contributed by atoms with Crippen molar-refractivity contribution in [3.8, 4) is 11.8 Å². The molecule has 7 nitrogen and oxygen atoms in total. The summed E-state index contributed by atoms with van der Waals surface area (Å²) in [6, 6.07) is 11.3. The SMILES string of the molecule is C[C@H](Oc1ccc(N)cn1)[C@H]1CN(C(=O)c2ccc(OCC(F)(F)F)nc2)C[C@@H]1c1ccc(Cl)c(Cl)c1. The number of hydrogen-bond acceptors (Lipinski definition) is 6. The normalized spacial score (nSPS) is 18.5. The first-order chi connectivity index (χ1) is 17.5. The average molecular weight is 555 g/mol. The zero-order valence-corrected chi connectivity index (χ0v) is 21.1. The van der Waals surface area contributed by atoms with Crippen LogP contribution in [0.15, 0.2) is 54.9 Å². The molecule has 1 aliphatic heterocycles. The maximum Gasteiger partial charge on any atom is 0.422 e. The Morgan fingerprint density at radius 3 is 2.43 bits per heavy atom. The van der Waals surface area contributed by atoms with Gasteiger partial charge in [0.2, 0.25) is 11.8 Å². The van der Waals surface area contributed by atoms with E-state index in [4.69, 9.17) is 33.7 Å². The van der Waals surface area contributed by atoms with Crippen molar-refractivity contribution in [1.29, 1.82) is 0 Å². The summed E-state index contributed by atoms with van der Waals surface area (Å²) >= 11 is 12.4. The molecule has 3 atom stereocenters. The van der Waals surface area contributed by atoms with E-state index in [0.717, 1.165) is 5.56 Å². The van der Waals surface area contributed by atoms with Gasteiger partial charge < -0.3 is 20.1 Å². The molecular formula is C25H23Cl2F3N4O3. The van der Waals surface area contributed by atoms with Crippen LogP contribution in [0.1, 0.15) is 28.8 Å². The largest absolute Gasteiger partial charge is 0.474 e. The molecule has 2 N–H and O–H groups in total. The molecule has 1 amide bonds. The van der Waals surface area contributed by atoms with Gasteiger partial charge in [-0.3, -0.25) is 4.79 Å². The second-order valence-electron chi connectivity index (χ2n) is 8.70. The minimum Gasteiger partial charge on any atom is -0.474 e. The van der Waals surface area contributed by atoms with Gasteiger partial charge in [0.15, 0.2) is 6.61 Å². The fourth-order valence-electron chi connectivity index (χ4n) is 4.24. The van der Waals surface area contributed by atoms with Gasteiger partial charge in [0.1, 0.15) is 6.10 Å². The fourth-order valence-corrected chi connectivity index (χ4v) is 4.54. The molecule has 0 saturated carbocycles. The van der Waals surface area contributed by atoms with Gasteiger partial charge in [-0.2, -0.15) is 13.2 Å². The highest BCUT2D eigenvalue weighted by molar-refractivity contribution is 6.42. The van der Waals surface area contributed by atoms with Gasteiger partial charge in [0.05, 0.1) is 27.5 Å². The summed E-state index contributed by atoms with van der Waals surface area (Å²) in [5, 5.41) is 0.817. The van der Waals surface area contributed by atoms with E-state index < -0.39 is 12.8 Å². The highest BCUT2D eigenvalue weighted by Gasteiger charge is 2.40. The molecule has 2 aromatic heterocycles. The number of carbonyl (C=O) groups excluding carboxylic acids is 1. The molecule has 1 saturated heterocycles. The second-order valence-corrected chi connectivity index (χ2v) is 9.51. The fraction of sp³-hybridized carbons (Fsp3) is 0.320. The molecule has 1 aliphatic rings. The minimum atomic E-state index is -4.49. The maximum atomic E-state index is 13.3. The van der Waals surface area contributed by atoms with Crippen molar-refractivity contribution < 1.29 is 27.4 Å². The van der Waals surface area contributed by atoms with Crippen LogP contribution in [0.25, 0.3) is 0 Å². The Hall–Kier alpha value is -3.24. The lowest BCUT2D eigenvalue weighted by atomic mass is 9.86. The predicted molar refractivity (Wildman–Crippen MR) is 133 cm³/mol. The topological polar surface area (TPSA) is 90.6 Å². The molecule has 0 bridgehead atoms. The third kappa shape index (κ3) is 6.75. The number of rotatable bonds is 7. The van der Waals surface area contributed by atoms with E-state index in [1.165, 1.54) is 24.5 Å². The number of alkyl halides is 3. The van der Waals surface area contributed by atoms with Crippen LogP contribution in [0.4, 0.5) is 18.9 Å². The number of ether oxygens (including phenoxy) is 2. The monoisotopic (exact) mass is 554 g/mol. The molecule has 3 aromatic rings. The number of nitrogens with zero attached hydrogens (tertiary/aromatic N) is 3. The first-order valence-electron chi connectivity index (χ1n) is 11.3. The summed E-state index contributed by atoms with van der Waals surface area (Å²) in [7, 11) is 0. The molecule has 0 spiro atoms. The third-order valence-electron chi connectivity index (χ3n) is 6.06. The molecule has 1 aromatic carbocycles. The van der Waals surface area contributed by atoms with Crippen molar-refractivity contribution in [3.05, 3.63) is 76.0 Å². The zero-order chi connectivity index (χ0) is 26.7. The van der Waals surface area contributed by atoms with E-state index >= 15 is 0 Å². The third-order valence-corrected chi connectivity index (χ3v) is 6.80. The van der Waals surface area contributed by atoms with E-state index in [0.29, 0.717) is 34.7 Å². The number of likely N-dealkylation sites (tertiary alicyclic amines) is 1. The number of pyridine rings is 2. The van der Waals surface area contributed by atoms with E-state index in [2.05, 4.69) is 14.7 Å². The Labute approximate surface area is 221 Å². The number of nitrogens with two attached hydrogens (primary N) is 1. The van der Waals surface area contributed by atoms with Crippen LogP contribution in [0.2, 0.25) is 10.0 Å². The first-order valence-corrected chi connectivity index (χ1v) is 12.0. The van der Waals surface area contributed by atoms with Gasteiger partial charge in [-0.05, 0) is 36.8 Å². The number of amides is 1. The smallest absolute Gasteiger partial charge is 0.422 e. The molecule has 4 rings (SSSR count). The van der Waals surface area contributed by atoms with E-state index in [1.54, 1.807) is 29.2 Å². The lowest BCUT2D eigenvalue weighted by molar-refractivity contribution is -0.154. The molecule has 1 fully saturated rings. The summed E-state index contributed by atoms with van der Waals surface area (Å²) in [6.07, 6.45) is -2.13. The minimum absolute atomic E-state index is 0.134. The molecule has 3 heterocycles. The molecule has 0 unspecified atom stereocenters. The summed E-state index contributed by atoms with van der Waals surface area (Å²) in [6.45, 7) is 1.14. The van der Waals surface area contributed by atoms with Crippen LogP contribution in [0.5, 0.6) is 11.8 Å². The Bertz CT molecular complexity index is 1240.